The number of unbranched alkanes of at least 4 members (excludes halogenated alkanes) is 1. The van der Waals surface area contributed by atoms with Crippen LogP contribution in [0.3, 0.4) is 0 Å². The molecule has 0 aromatic rings. The molecule has 0 aromatic carbocycles. The van der Waals surface area contributed by atoms with Crippen molar-refractivity contribution < 1.29 is 15.3 Å². The summed E-state index contributed by atoms with van der Waals surface area (Å²) in [5.41, 5.74) is 0. The molecule has 1 aliphatic heterocycles. The zero-order valence-electron chi connectivity index (χ0n) is 9.02. The number of β-amino-alcohol motifs (C(OH)–C–C–N with tert-alkyl or cyclic N) is 1. The van der Waals surface area contributed by atoms with E-state index in [1.54, 1.807) is 0 Å². The first-order valence-corrected chi connectivity index (χ1v) is 5.67. The minimum absolute atomic E-state index is 0.00495. The van der Waals surface area contributed by atoms with Gasteiger partial charge in [0.2, 0.25) is 0 Å². The summed E-state index contributed by atoms with van der Waals surface area (Å²) in [7, 11) is 0. The smallest absolute Gasteiger partial charge is 0.0964 e. The lowest BCUT2D eigenvalue weighted by Crippen LogP contribution is -2.35. The van der Waals surface area contributed by atoms with Gasteiger partial charge in [0.05, 0.1) is 12.2 Å². The summed E-state index contributed by atoms with van der Waals surface area (Å²) in [6.45, 7) is 2.45. The highest BCUT2D eigenvalue weighted by atomic mass is 16.3. The number of aliphatic hydroxyl groups is 3. The SMILES string of the molecule is OCCCCNCC[C@H]1NC[C@@H](O)[C@H]1O. The van der Waals surface area contributed by atoms with E-state index in [1.165, 1.54) is 0 Å². The van der Waals surface area contributed by atoms with Gasteiger partial charge in [-0.3, -0.25) is 0 Å². The van der Waals surface area contributed by atoms with Gasteiger partial charge >= 0.3 is 0 Å². The summed E-state index contributed by atoms with van der Waals surface area (Å²) >= 11 is 0. The Bertz CT molecular complexity index is 169. The van der Waals surface area contributed by atoms with Crippen molar-refractivity contribution in [2.24, 2.45) is 0 Å². The fourth-order valence-electron chi connectivity index (χ4n) is 1.80. The van der Waals surface area contributed by atoms with Crippen LogP contribution in [0.2, 0.25) is 0 Å². The van der Waals surface area contributed by atoms with Gasteiger partial charge in [0, 0.05) is 19.2 Å². The molecule has 90 valence electrons. The lowest BCUT2D eigenvalue weighted by molar-refractivity contribution is 0.0394. The molecular formula is C10H22N2O3. The van der Waals surface area contributed by atoms with Crippen LogP contribution in [-0.2, 0) is 0 Å². The Morgan fingerprint density at radius 1 is 1.20 bits per heavy atom. The Balaban J connectivity index is 1.96. The molecule has 1 saturated heterocycles. The fraction of sp³-hybridized carbons (Fsp3) is 1.00. The minimum atomic E-state index is -0.635. The molecule has 15 heavy (non-hydrogen) atoms. The van der Waals surface area contributed by atoms with Gasteiger partial charge in [-0.05, 0) is 32.4 Å². The summed E-state index contributed by atoms with van der Waals surface area (Å²) in [6, 6.07) is 0.00495. The Morgan fingerprint density at radius 3 is 2.60 bits per heavy atom. The van der Waals surface area contributed by atoms with Crippen molar-refractivity contribution >= 4 is 0 Å². The number of aliphatic hydroxyl groups excluding tert-OH is 3. The first-order chi connectivity index (χ1) is 7.25. The van der Waals surface area contributed by atoms with E-state index >= 15 is 0 Å². The summed E-state index contributed by atoms with van der Waals surface area (Å²) in [4.78, 5) is 0. The highest BCUT2D eigenvalue weighted by Crippen LogP contribution is 2.10. The van der Waals surface area contributed by atoms with Gasteiger partial charge in [0.1, 0.15) is 0 Å². The largest absolute Gasteiger partial charge is 0.396 e. The van der Waals surface area contributed by atoms with E-state index in [9.17, 15) is 10.2 Å². The van der Waals surface area contributed by atoms with E-state index in [2.05, 4.69) is 10.6 Å². The lowest BCUT2D eigenvalue weighted by atomic mass is 10.1. The molecule has 5 heteroatoms. The van der Waals surface area contributed by atoms with Gasteiger partial charge in [-0.25, -0.2) is 0 Å². The van der Waals surface area contributed by atoms with Gasteiger partial charge in [-0.15, -0.1) is 0 Å². The predicted molar refractivity (Wildman–Crippen MR) is 57.6 cm³/mol. The molecule has 5 N–H and O–H groups in total. The molecule has 1 aliphatic rings. The van der Waals surface area contributed by atoms with E-state index in [4.69, 9.17) is 5.11 Å². The molecule has 1 fully saturated rings. The lowest BCUT2D eigenvalue weighted by Gasteiger charge is -2.16. The van der Waals surface area contributed by atoms with Crippen LogP contribution in [0.15, 0.2) is 0 Å². The van der Waals surface area contributed by atoms with Gasteiger partial charge in [0.25, 0.3) is 0 Å². The highest BCUT2D eigenvalue weighted by molar-refractivity contribution is 4.90. The molecule has 0 bridgehead atoms. The van der Waals surface area contributed by atoms with Crippen LogP contribution in [0.5, 0.6) is 0 Å². The summed E-state index contributed by atoms with van der Waals surface area (Å²) in [5.74, 6) is 0. The number of rotatable bonds is 7. The van der Waals surface area contributed by atoms with Gasteiger partial charge in [-0.2, -0.15) is 0 Å². The number of hydrogen-bond donors (Lipinski definition) is 5. The van der Waals surface area contributed by atoms with Crippen molar-refractivity contribution in [3.05, 3.63) is 0 Å². The van der Waals surface area contributed by atoms with Crippen LogP contribution in [0.25, 0.3) is 0 Å². The summed E-state index contributed by atoms with van der Waals surface area (Å²) < 4.78 is 0. The molecule has 1 heterocycles. The zero-order valence-corrected chi connectivity index (χ0v) is 9.02. The Hall–Kier alpha value is -0.200. The topological polar surface area (TPSA) is 84.8 Å². The van der Waals surface area contributed by atoms with Crippen molar-refractivity contribution in [1.29, 1.82) is 0 Å². The Morgan fingerprint density at radius 2 is 2.00 bits per heavy atom. The second-order valence-corrected chi connectivity index (χ2v) is 4.04. The third-order valence-corrected chi connectivity index (χ3v) is 2.79. The monoisotopic (exact) mass is 218 g/mol. The average molecular weight is 218 g/mol. The molecule has 0 saturated carbocycles. The maximum atomic E-state index is 9.52. The maximum absolute atomic E-state index is 9.52. The molecule has 3 atom stereocenters. The summed E-state index contributed by atoms with van der Waals surface area (Å²) in [6.07, 6.45) is 1.36. The second kappa shape index (κ2) is 7.14. The molecule has 0 spiro atoms. The van der Waals surface area contributed by atoms with E-state index in [-0.39, 0.29) is 12.6 Å². The first-order valence-electron chi connectivity index (χ1n) is 5.67. The molecule has 1 rings (SSSR count). The van der Waals surface area contributed by atoms with Crippen LogP contribution >= 0.6 is 0 Å². The molecule has 0 unspecified atom stereocenters. The Labute approximate surface area is 90.5 Å². The van der Waals surface area contributed by atoms with Crippen molar-refractivity contribution in [3.8, 4) is 0 Å². The number of hydrogen-bond acceptors (Lipinski definition) is 5. The van der Waals surface area contributed by atoms with Crippen molar-refractivity contribution in [2.75, 3.05) is 26.2 Å². The second-order valence-electron chi connectivity index (χ2n) is 4.04. The van der Waals surface area contributed by atoms with Crippen molar-refractivity contribution in [1.82, 2.24) is 10.6 Å². The standard InChI is InChI=1S/C10H22N2O3/c13-6-2-1-4-11-5-3-8-10(15)9(14)7-12-8/h8-15H,1-7H2/t8-,9-,10+/m1/s1. The molecule has 0 radical (unpaired) electrons. The van der Waals surface area contributed by atoms with E-state index in [0.717, 1.165) is 32.4 Å². The molecule has 0 amide bonds. The zero-order chi connectivity index (χ0) is 11.1. The molecule has 0 aliphatic carbocycles. The third-order valence-electron chi connectivity index (χ3n) is 2.79. The quantitative estimate of drug-likeness (QED) is 0.334. The fourth-order valence-corrected chi connectivity index (χ4v) is 1.80. The van der Waals surface area contributed by atoms with Crippen LogP contribution in [-0.4, -0.2) is 59.8 Å². The van der Waals surface area contributed by atoms with Crippen molar-refractivity contribution in [2.45, 2.75) is 37.5 Å². The maximum Gasteiger partial charge on any atom is 0.0964 e. The van der Waals surface area contributed by atoms with Gasteiger partial charge < -0.3 is 26.0 Å². The Kier molecular flexibility index (Phi) is 6.12. The molecule has 5 nitrogen and oxygen atoms in total. The van der Waals surface area contributed by atoms with E-state index in [0.29, 0.717) is 6.54 Å². The minimum Gasteiger partial charge on any atom is -0.396 e. The van der Waals surface area contributed by atoms with Gasteiger partial charge in [-0.1, -0.05) is 0 Å². The number of nitrogens with one attached hydrogen (secondary N) is 2. The predicted octanol–water partition coefficient (Wildman–Crippen LogP) is -1.57. The first kappa shape index (κ1) is 12.9. The van der Waals surface area contributed by atoms with Crippen LogP contribution in [0, 0.1) is 0 Å². The van der Waals surface area contributed by atoms with Crippen LogP contribution in [0.4, 0.5) is 0 Å². The molecule has 0 aromatic heterocycles. The van der Waals surface area contributed by atoms with E-state index < -0.39 is 12.2 Å². The average Bonchev–Trinajstić information content (AvgIpc) is 2.54. The van der Waals surface area contributed by atoms with E-state index in [1.807, 2.05) is 0 Å². The van der Waals surface area contributed by atoms with Gasteiger partial charge in [0.15, 0.2) is 0 Å². The normalized spacial score (nSPS) is 31.0. The summed E-state index contributed by atoms with van der Waals surface area (Å²) in [5, 5.41) is 33.7. The molecular weight excluding hydrogens is 196 g/mol. The van der Waals surface area contributed by atoms with Crippen LogP contribution < -0.4 is 10.6 Å². The van der Waals surface area contributed by atoms with Crippen LogP contribution in [0.1, 0.15) is 19.3 Å². The van der Waals surface area contributed by atoms with Crippen molar-refractivity contribution in [3.63, 3.8) is 0 Å². The highest BCUT2D eigenvalue weighted by Gasteiger charge is 2.31. The third kappa shape index (κ3) is 4.44.